The molecule has 0 saturated heterocycles. The maximum atomic E-state index is 13.1. The average Bonchev–Trinajstić information content (AvgIpc) is 2.75. The van der Waals surface area contributed by atoms with Crippen molar-refractivity contribution in [1.29, 1.82) is 0 Å². The van der Waals surface area contributed by atoms with Gasteiger partial charge in [0.1, 0.15) is 18.5 Å². The van der Waals surface area contributed by atoms with Crippen LogP contribution in [0.4, 0.5) is 4.39 Å². The van der Waals surface area contributed by atoms with E-state index in [0.717, 1.165) is 11.3 Å². The van der Waals surface area contributed by atoms with E-state index in [1.54, 1.807) is 12.1 Å². The van der Waals surface area contributed by atoms with Crippen molar-refractivity contribution in [3.63, 3.8) is 0 Å². The lowest BCUT2D eigenvalue weighted by Crippen LogP contribution is -2.45. The highest BCUT2D eigenvalue weighted by molar-refractivity contribution is 14.0. The minimum absolute atomic E-state index is 0. The van der Waals surface area contributed by atoms with Gasteiger partial charge in [0.05, 0.1) is 19.0 Å². The molecule has 7 nitrogen and oxygen atoms in total. The number of hydrogen-bond donors (Lipinski definition) is 3. The minimum Gasteiger partial charge on any atom is -0.486 e. The summed E-state index contributed by atoms with van der Waals surface area (Å²) in [6.45, 7) is 3.75. The van der Waals surface area contributed by atoms with Crippen molar-refractivity contribution in [2.75, 3.05) is 26.2 Å². The predicted molar refractivity (Wildman–Crippen MR) is 129 cm³/mol. The van der Waals surface area contributed by atoms with Crippen LogP contribution in [0.15, 0.2) is 53.5 Å². The number of guanidine groups is 1. The van der Waals surface area contributed by atoms with Gasteiger partial charge in [0.25, 0.3) is 0 Å². The summed E-state index contributed by atoms with van der Waals surface area (Å²) in [5.41, 5.74) is 6.38. The molecule has 4 N–H and O–H groups in total. The van der Waals surface area contributed by atoms with Crippen LogP contribution in [0.25, 0.3) is 0 Å². The first-order chi connectivity index (χ1) is 14.5. The standard InChI is InChI=1S/C22H27FN4O3.HI/c1-2-25-22(27-13-18-14-29-19-5-3-4-6-20(19)30-18)26-12-16(21(24)28)11-15-7-9-17(23)10-8-15;/h3-10,16,18H,2,11-14H2,1H3,(H2,24,28)(H2,25,26,27);1H. The van der Waals surface area contributed by atoms with Crippen LogP contribution in [0.2, 0.25) is 0 Å². The fourth-order valence-corrected chi connectivity index (χ4v) is 3.08. The third-order valence-corrected chi connectivity index (χ3v) is 4.68. The molecule has 0 saturated carbocycles. The van der Waals surface area contributed by atoms with Crippen LogP contribution < -0.4 is 25.8 Å². The van der Waals surface area contributed by atoms with Gasteiger partial charge in [-0.2, -0.15) is 0 Å². The highest BCUT2D eigenvalue weighted by Gasteiger charge is 2.21. The summed E-state index contributed by atoms with van der Waals surface area (Å²) >= 11 is 0. The number of carbonyl (C=O) groups is 1. The van der Waals surface area contributed by atoms with Crippen LogP contribution >= 0.6 is 24.0 Å². The molecule has 1 aliphatic heterocycles. The van der Waals surface area contributed by atoms with Crippen LogP contribution in [0, 0.1) is 11.7 Å². The highest BCUT2D eigenvalue weighted by atomic mass is 127. The Morgan fingerprint density at radius 3 is 2.58 bits per heavy atom. The van der Waals surface area contributed by atoms with E-state index in [-0.39, 0.29) is 42.4 Å². The van der Waals surface area contributed by atoms with Crippen molar-refractivity contribution < 1.29 is 18.7 Å². The van der Waals surface area contributed by atoms with E-state index in [2.05, 4.69) is 15.6 Å². The second-order valence-corrected chi connectivity index (χ2v) is 7.03. The Bertz CT molecular complexity index is 879. The minimum atomic E-state index is -0.493. The average molecular weight is 542 g/mol. The van der Waals surface area contributed by atoms with E-state index in [1.165, 1.54) is 12.1 Å². The van der Waals surface area contributed by atoms with Crippen LogP contribution in [-0.4, -0.2) is 44.2 Å². The third kappa shape index (κ3) is 7.57. The van der Waals surface area contributed by atoms with Gasteiger partial charge in [0.2, 0.25) is 5.91 Å². The molecule has 2 aromatic carbocycles. The van der Waals surface area contributed by atoms with Crippen molar-refractivity contribution >= 4 is 35.8 Å². The molecule has 1 amide bonds. The van der Waals surface area contributed by atoms with Crippen molar-refractivity contribution in [2.45, 2.75) is 19.4 Å². The number of amides is 1. The number of aliphatic imine (C=N–C) groups is 1. The summed E-state index contributed by atoms with van der Waals surface area (Å²) in [5.74, 6) is 0.754. The molecule has 2 aromatic rings. The van der Waals surface area contributed by atoms with Gasteiger partial charge in [-0.25, -0.2) is 4.39 Å². The molecule has 0 fully saturated rings. The molecule has 0 radical (unpaired) electrons. The lowest BCUT2D eigenvalue weighted by atomic mass is 9.99. The van der Waals surface area contributed by atoms with Gasteiger partial charge in [-0.05, 0) is 43.2 Å². The van der Waals surface area contributed by atoms with E-state index < -0.39 is 11.8 Å². The molecule has 9 heteroatoms. The molecule has 0 bridgehead atoms. The number of nitrogens with two attached hydrogens (primary N) is 1. The largest absolute Gasteiger partial charge is 0.486 e. The van der Waals surface area contributed by atoms with Gasteiger partial charge >= 0.3 is 0 Å². The lowest BCUT2D eigenvalue weighted by molar-refractivity contribution is -0.121. The molecule has 1 heterocycles. The van der Waals surface area contributed by atoms with Gasteiger partial charge in [0, 0.05) is 6.54 Å². The third-order valence-electron chi connectivity index (χ3n) is 4.68. The molecule has 2 unspecified atom stereocenters. The zero-order valence-electron chi connectivity index (χ0n) is 17.3. The first-order valence-electron chi connectivity index (χ1n) is 9.99. The number of halogens is 2. The van der Waals surface area contributed by atoms with Gasteiger partial charge in [-0.3, -0.25) is 9.79 Å². The zero-order valence-corrected chi connectivity index (χ0v) is 19.7. The number of rotatable bonds is 8. The Labute approximate surface area is 198 Å². The molecule has 31 heavy (non-hydrogen) atoms. The first kappa shape index (κ1) is 24.7. The second kappa shape index (κ2) is 12.3. The van der Waals surface area contributed by atoms with Crippen molar-refractivity contribution in [2.24, 2.45) is 16.6 Å². The molecule has 0 spiro atoms. The molecule has 0 aromatic heterocycles. The van der Waals surface area contributed by atoms with Crippen molar-refractivity contribution in [3.05, 3.63) is 59.9 Å². The maximum Gasteiger partial charge on any atom is 0.222 e. The number of ether oxygens (including phenoxy) is 2. The quantitative estimate of drug-likeness (QED) is 0.271. The Morgan fingerprint density at radius 2 is 1.90 bits per heavy atom. The Balaban J connectivity index is 0.00000341. The summed E-state index contributed by atoms with van der Waals surface area (Å²) in [5, 5.41) is 6.37. The highest BCUT2D eigenvalue weighted by Crippen LogP contribution is 2.30. The summed E-state index contributed by atoms with van der Waals surface area (Å²) in [6.07, 6.45) is 0.226. The summed E-state index contributed by atoms with van der Waals surface area (Å²) in [7, 11) is 0. The normalized spacial score (nSPS) is 16.1. The van der Waals surface area contributed by atoms with Crippen LogP contribution in [0.5, 0.6) is 11.5 Å². The number of fused-ring (bicyclic) bond motifs is 1. The number of nitrogens with zero attached hydrogens (tertiary/aromatic N) is 1. The van der Waals surface area contributed by atoms with Gasteiger partial charge in [-0.15, -0.1) is 24.0 Å². The van der Waals surface area contributed by atoms with E-state index >= 15 is 0 Å². The SMILES string of the molecule is CCNC(=NCC(Cc1ccc(F)cc1)C(N)=O)NCC1COc2ccccc2O1.I. The van der Waals surface area contributed by atoms with Crippen molar-refractivity contribution in [3.8, 4) is 11.5 Å². The summed E-state index contributed by atoms with van der Waals surface area (Å²) in [6, 6.07) is 13.6. The second-order valence-electron chi connectivity index (χ2n) is 7.03. The van der Waals surface area contributed by atoms with Crippen molar-refractivity contribution in [1.82, 2.24) is 10.6 Å². The van der Waals surface area contributed by atoms with Gasteiger partial charge in [-0.1, -0.05) is 24.3 Å². The molecule has 1 aliphatic rings. The van der Waals surface area contributed by atoms with Gasteiger partial charge in [0.15, 0.2) is 17.5 Å². The number of carbonyl (C=O) groups excluding carboxylic acids is 1. The topological polar surface area (TPSA) is 98.0 Å². The fourth-order valence-electron chi connectivity index (χ4n) is 3.08. The van der Waals surface area contributed by atoms with Crippen LogP contribution in [0.1, 0.15) is 12.5 Å². The van der Waals surface area contributed by atoms with E-state index in [4.69, 9.17) is 15.2 Å². The Hall–Kier alpha value is -2.56. The van der Waals surface area contributed by atoms with E-state index in [1.807, 2.05) is 31.2 Å². The molecular formula is C22H28FIN4O3. The fraction of sp³-hybridized carbons (Fsp3) is 0.364. The number of para-hydroxylation sites is 2. The number of primary amides is 1. The summed E-state index contributed by atoms with van der Waals surface area (Å²) in [4.78, 5) is 16.4. The molecule has 0 aliphatic carbocycles. The monoisotopic (exact) mass is 542 g/mol. The zero-order chi connectivity index (χ0) is 21.3. The van der Waals surface area contributed by atoms with Gasteiger partial charge < -0.3 is 25.8 Å². The maximum absolute atomic E-state index is 13.1. The van der Waals surface area contributed by atoms with Crippen LogP contribution in [-0.2, 0) is 11.2 Å². The smallest absolute Gasteiger partial charge is 0.222 e. The molecule has 2 atom stereocenters. The van der Waals surface area contributed by atoms with E-state index in [9.17, 15) is 9.18 Å². The number of benzene rings is 2. The van der Waals surface area contributed by atoms with Crippen LogP contribution in [0.3, 0.4) is 0 Å². The lowest BCUT2D eigenvalue weighted by Gasteiger charge is -2.27. The molecular weight excluding hydrogens is 514 g/mol. The molecule has 168 valence electrons. The Kier molecular flexibility index (Phi) is 9.83. The molecule has 3 rings (SSSR count). The number of nitrogens with one attached hydrogen (secondary N) is 2. The Morgan fingerprint density at radius 1 is 1.19 bits per heavy atom. The van der Waals surface area contributed by atoms with E-state index in [0.29, 0.717) is 37.8 Å². The predicted octanol–water partition coefficient (Wildman–Crippen LogP) is 2.48. The summed E-state index contributed by atoms with van der Waals surface area (Å²) < 4.78 is 24.8. The number of hydrogen-bond acceptors (Lipinski definition) is 4. The first-order valence-corrected chi connectivity index (χ1v) is 9.99.